The molecular weight excluding hydrogens is 392 g/mol. The maximum atomic E-state index is 13.3. The molecule has 0 bridgehead atoms. The lowest BCUT2D eigenvalue weighted by atomic mass is 10.2. The van der Waals surface area contributed by atoms with E-state index < -0.39 is 11.9 Å². The molecule has 1 unspecified atom stereocenters. The highest BCUT2D eigenvalue weighted by Gasteiger charge is 2.20. The van der Waals surface area contributed by atoms with Crippen molar-refractivity contribution in [2.24, 2.45) is 0 Å². The van der Waals surface area contributed by atoms with E-state index in [1.807, 2.05) is 24.5 Å². The number of aromatic nitrogens is 3. The first-order valence-electron chi connectivity index (χ1n) is 8.40. The standard InChI is InChI=1S/C19H18ClF2N3OS/c1-3-25-18(12(2)26-17-8-7-15(22)10-16(17)20)23-24-19(25)27-11-13-5-4-6-14(21)9-13/h4-10,12H,3,11H2,1-2H3. The highest BCUT2D eigenvalue weighted by molar-refractivity contribution is 7.98. The predicted octanol–water partition coefficient (Wildman–Crippen LogP) is 5.66. The Labute approximate surface area is 165 Å². The van der Waals surface area contributed by atoms with E-state index in [0.29, 0.717) is 23.9 Å². The van der Waals surface area contributed by atoms with Crippen molar-refractivity contribution in [1.29, 1.82) is 0 Å². The van der Waals surface area contributed by atoms with Gasteiger partial charge < -0.3 is 9.30 Å². The van der Waals surface area contributed by atoms with Gasteiger partial charge in [-0.2, -0.15) is 0 Å². The molecule has 0 N–H and O–H groups in total. The zero-order chi connectivity index (χ0) is 19.4. The Kier molecular flexibility index (Phi) is 6.34. The minimum atomic E-state index is -0.427. The molecule has 3 aromatic rings. The van der Waals surface area contributed by atoms with Crippen LogP contribution in [-0.2, 0) is 12.3 Å². The van der Waals surface area contributed by atoms with E-state index >= 15 is 0 Å². The van der Waals surface area contributed by atoms with Crippen LogP contribution in [0.2, 0.25) is 5.02 Å². The molecule has 0 amide bonds. The molecule has 3 rings (SSSR count). The number of hydrogen-bond acceptors (Lipinski definition) is 4. The zero-order valence-corrected chi connectivity index (χ0v) is 16.4. The number of benzene rings is 2. The predicted molar refractivity (Wildman–Crippen MR) is 102 cm³/mol. The van der Waals surface area contributed by atoms with Gasteiger partial charge in [-0.1, -0.05) is 35.5 Å². The second-order valence-electron chi connectivity index (χ2n) is 5.84. The summed E-state index contributed by atoms with van der Waals surface area (Å²) < 4.78 is 34.3. The molecule has 0 fully saturated rings. The normalized spacial score (nSPS) is 12.2. The summed E-state index contributed by atoms with van der Waals surface area (Å²) in [5, 5.41) is 9.39. The Morgan fingerprint density at radius 3 is 2.63 bits per heavy atom. The number of nitrogens with zero attached hydrogens (tertiary/aromatic N) is 3. The lowest BCUT2D eigenvalue weighted by Gasteiger charge is -2.16. The van der Waals surface area contributed by atoms with Gasteiger partial charge in [0.25, 0.3) is 0 Å². The summed E-state index contributed by atoms with van der Waals surface area (Å²) in [6.07, 6.45) is -0.427. The van der Waals surface area contributed by atoms with Crippen LogP contribution in [0.1, 0.15) is 31.3 Å². The minimum absolute atomic E-state index is 0.199. The van der Waals surface area contributed by atoms with Crippen LogP contribution >= 0.6 is 23.4 Å². The first kappa shape index (κ1) is 19.6. The van der Waals surface area contributed by atoms with Crippen molar-refractivity contribution in [2.75, 3.05) is 0 Å². The molecule has 0 spiro atoms. The molecular formula is C19H18ClF2N3OS. The number of hydrogen-bond donors (Lipinski definition) is 0. The molecule has 0 aliphatic heterocycles. The number of rotatable bonds is 7. The topological polar surface area (TPSA) is 39.9 Å². The molecule has 1 heterocycles. The van der Waals surface area contributed by atoms with Crippen LogP contribution in [-0.4, -0.2) is 14.8 Å². The van der Waals surface area contributed by atoms with E-state index in [2.05, 4.69) is 10.2 Å². The Balaban J connectivity index is 1.74. The lowest BCUT2D eigenvalue weighted by molar-refractivity contribution is 0.210. The summed E-state index contributed by atoms with van der Waals surface area (Å²) in [6.45, 7) is 4.46. The fourth-order valence-corrected chi connectivity index (χ4v) is 3.76. The fourth-order valence-electron chi connectivity index (χ4n) is 2.59. The third-order valence-electron chi connectivity index (χ3n) is 3.88. The highest BCUT2D eigenvalue weighted by atomic mass is 35.5. The van der Waals surface area contributed by atoms with Crippen LogP contribution in [0, 0.1) is 11.6 Å². The van der Waals surface area contributed by atoms with Gasteiger partial charge in [0.1, 0.15) is 17.4 Å². The first-order chi connectivity index (χ1) is 13.0. The van der Waals surface area contributed by atoms with Crippen molar-refractivity contribution in [2.45, 2.75) is 37.4 Å². The molecule has 4 nitrogen and oxygen atoms in total. The number of halogens is 3. The molecule has 27 heavy (non-hydrogen) atoms. The van der Waals surface area contributed by atoms with Gasteiger partial charge in [-0.15, -0.1) is 10.2 Å². The Hall–Kier alpha value is -2.12. The van der Waals surface area contributed by atoms with Gasteiger partial charge in [-0.3, -0.25) is 0 Å². The number of ether oxygens (including phenoxy) is 1. The Bertz CT molecular complexity index is 935. The van der Waals surface area contributed by atoms with Crippen molar-refractivity contribution in [3.05, 3.63) is 70.5 Å². The van der Waals surface area contributed by atoms with E-state index in [1.54, 1.807) is 6.07 Å². The summed E-state index contributed by atoms with van der Waals surface area (Å²) in [7, 11) is 0. The monoisotopic (exact) mass is 409 g/mol. The summed E-state index contributed by atoms with van der Waals surface area (Å²) in [4.78, 5) is 0. The minimum Gasteiger partial charge on any atom is -0.481 e. The van der Waals surface area contributed by atoms with Crippen molar-refractivity contribution in [3.63, 3.8) is 0 Å². The molecule has 1 atom stereocenters. The van der Waals surface area contributed by atoms with Gasteiger partial charge in [-0.05, 0) is 49.7 Å². The summed E-state index contributed by atoms with van der Waals surface area (Å²) in [5.74, 6) is 0.913. The van der Waals surface area contributed by atoms with Crippen LogP contribution in [0.25, 0.3) is 0 Å². The Morgan fingerprint density at radius 2 is 1.93 bits per heavy atom. The average Bonchev–Trinajstić information content (AvgIpc) is 3.05. The van der Waals surface area contributed by atoms with Gasteiger partial charge in [0, 0.05) is 12.3 Å². The van der Waals surface area contributed by atoms with Gasteiger partial charge >= 0.3 is 0 Å². The van der Waals surface area contributed by atoms with Crippen molar-refractivity contribution >= 4 is 23.4 Å². The van der Waals surface area contributed by atoms with Crippen molar-refractivity contribution in [1.82, 2.24) is 14.8 Å². The van der Waals surface area contributed by atoms with E-state index in [9.17, 15) is 8.78 Å². The van der Waals surface area contributed by atoms with E-state index in [-0.39, 0.29) is 10.8 Å². The zero-order valence-electron chi connectivity index (χ0n) is 14.8. The third-order valence-corrected chi connectivity index (χ3v) is 5.21. The molecule has 142 valence electrons. The molecule has 2 aromatic carbocycles. The summed E-state index contributed by atoms with van der Waals surface area (Å²) >= 11 is 7.50. The molecule has 0 saturated heterocycles. The van der Waals surface area contributed by atoms with Crippen molar-refractivity contribution in [3.8, 4) is 5.75 Å². The lowest BCUT2D eigenvalue weighted by Crippen LogP contribution is -2.12. The maximum absolute atomic E-state index is 13.3. The van der Waals surface area contributed by atoms with Gasteiger partial charge in [0.15, 0.2) is 17.1 Å². The molecule has 8 heteroatoms. The van der Waals surface area contributed by atoms with E-state index in [1.165, 1.54) is 42.1 Å². The largest absolute Gasteiger partial charge is 0.481 e. The van der Waals surface area contributed by atoms with E-state index in [0.717, 1.165) is 10.7 Å². The smallest absolute Gasteiger partial charge is 0.191 e. The van der Waals surface area contributed by atoms with Gasteiger partial charge in [0.05, 0.1) is 5.02 Å². The third kappa shape index (κ3) is 4.78. The first-order valence-corrected chi connectivity index (χ1v) is 9.76. The summed E-state index contributed by atoms with van der Waals surface area (Å²) in [5.41, 5.74) is 0.870. The fraction of sp³-hybridized carbons (Fsp3) is 0.263. The summed E-state index contributed by atoms with van der Waals surface area (Å²) in [6, 6.07) is 10.5. The van der Waals surface area contributed by atoms with Crippen LogP contribution < -0.4 is 4.74 Å². The second-order valence-corrected chi connectivity index (χ2v) is 7.19. The average molecular weight is 410 g/mol. The van der Waals surface area contributed by atoms with Gasteiger partial charge in [0.2, 0.25) is 0 Å². The highest BCUT2D eigenvalue weighted by Crippen LogP contribution is 2.30. The van der Waals surface area contributed by atoms with Gasteiger partial charge in [-0.25, -0.2) is 8.78 Å². The van der Waals surface area contributed by atoms with Crippen LogP contribution in [0.15, 0.2) is 47.6 Å². The van der Waals surface area contributed by atoms with Crippen LogP contribution in [0.5, 0.6) is 5.75 Å². The molecule has 0 radical (unpaired) electrons. The molecule has 0 saturated carbocycles. The SMILES string of the molecule is CCn1c(SCc2cccc(F)c2)nnc1C(C)Oc1ccc(F)cc1Cl. The quantitative estimate of drug-likeness (QED) is 0.472. The molecule has 0 aliphatic carbocycles. The van der Waals surface area contributed by atoms with Crippen LogP contribution in [0.4, 0.5) is 8.78 Å². The molecule has 0 aliphatic rings. The maximum Gasteiger partial charge on any atom is 0.191 e. The number of thioether (sulfide) groups is 1. The molecule has 1 aromatic heterocycles. The van der Waals surface area contributed by atoms with Crippen molar-refractivity contribution < 1.29 is 13.5 Å². The van der Waals surface area contributed by atoms with E-state index in [4.69, 9.17) is 16.3 Å². The van der Waals surface area contributed by atoms with Crippen LogP contribution in [0.3, 0.4) is 0 Å². The Morgan fingerprint density at radius 1 is 1.15 bits per heavy atom. The second kappa shape index (κ2) is 8.71.